The summed E-state index contributed by atoms with van der Waals surface area (Å²) in [7, 11) is 0. The van der Waals surface area contributed by atoms with E-state index in [4.69, 9.17) is 5.73 Å². The topological polar surface area (TPSA) is 38.0 Å². The zero-order chi connectivity index (χ0) is 14.8. The van der Waals surface area contributed by atoms with E-state index in [1.165, 1.54) is 12.1 Å². The predicted octanol–water partition coefficient (Wildman–Crippen LogP) is 4.37. The average molecular weight is 304 g/mol. The van der Waals surface area contributed by atoms with Gasteiger partial charge in [-0.15, -0.1) is 0 Å². The van der Waals surface area contributed by atoms with E-state index in [-0.39, 0.29) is 17.4 Å². The van der Waals surface area contributed by atoms with Gasteiger partial charge < -0.3 is 11.1 Å². The highest BCUT2D eigenvalue weighted by Gasteiger charge is 2.34. The second kappa shape index (κ2) is 6.16. The molecule has 0 radical (unpaired) electrons. The van der Waals surface area contributed by atoms with Gasteiger partial charge in [-0.3, -0.25) is 0 Å². The summed E-state index contributed by atoms with van der Waals surface area (Å²) in [5, 5.41) is 3.68. The lowest BCUT2D eigenvalue weighted by Crippen LogP contribution is -2.28. The number of alkyl halides is 3. The SMILES string of the molecule is CSC1CCC(Nc2ccc(N)cc2C(F)(F)F)CC1. The number of benzene rings is 1. The summed E-state index contributed by atoms with van der Waals surface area (Å²) in [4.78, 5) is 0. The Kier molecular flexibility index (Phi) is 4.73. The van der Waals surface area contributed by atoms with E-state index in [2.05, 4.69) is 11.6 Å². The van der Waals surface area contributed by atoms with Gasteiger partial charge in [0.15, 0.2) is 0 Å². The van der Waals surface area contributed by atoms with Crippen molar-refractivity contribution in [3.63, 3.8) is 0 Å². The van der Waals surface area contributed by atoms with Crippen LogP contribution in [-0.4, -0.2) is 17.5 Å². The van der Waals surface area contributed by atoms with E-state index in [9.17, 15) is 13.2 Å². The Labute approximate surface area is 121 Å². The van der Waals surface area contributed by atoms with E-state index < -0.39 is 11.7 Å². The monoisotopic (exact) mass is 304 g/mol. The smallest absolute Gasteiger partial charge is 0.399 e. The number of hydrogen-bond donors (Lipinski definition) is 2. The van der Waals surface area contributed by atoms with Crippen molar-refractivity contribution in [1.82, 2.24) is 0 Å². The molecule has 1 aliphatic carbocycles. The maximum atomic E-state index is 13.0. The third-order valence-corrected chi connectivity index (χ3v) is 4.85. The van der Waals surface area contributed by atoms with Crippen LogP contribution < -0.4 is 11.1 Å². The Morgan fingerprint density at radius 1 is 1.20 bits per heavy atom. The van der Waals surface area contributed by atoms with Gasteiger partial charge in [0.1, 0.15) is 0 Å². The van der Waals surface area contributed by atoms with Gasteiger partial charge in [-0.1, -0.05) is 0 Å². The zero-order valence-corrected chi connectivity index (χ0v) is 12.2. The molecule has 1 aromatic rings. The van der Waals surface area contributed by atoms with Gasteiger partial charge in [-0.05, 0) is 50.1 Å². The number of nitrogens with two attached hydrogens (primary N) is 1. The van der Waals surface area contributed by atoms with Crippen molar-refractivity contribution < 1.29 is 13.2 Å². The van der Waals surface area contributed by atoms with Crippen molar-refractivity contribution in [3.05, 3.63) is 23.8 Å². The summed E-state index contributed by atoms with van der Waals surface area (Å²) >= 11 is 1.84. The van der Waals surface area contributed by atoms with Crippen molar-refractivity contribution in [2.45, 2.75) is 43.2 Å². The van der Waals surface area contributed by atoms with Crippen molar-refractivity contribution in [2.24, 2.45) is 0 Å². The molecule has 0 bridgehead atoms. The third-order valence-electron chi connectivity index (χ3n) is 3.72. The summed E-state index contributed by atoms with van der Waals surface area (Å²) in [5.41, 5.74) is 5.06. The number of thioether (sulfide) groups is 1. The average Bonchev–Trinajstić information content (AvgIpc) is 2.40. The Balaban J connectivity index is 2.10. The predicted molar refractivity (Wildman–Crippen MR) is 79.0 cm³/mol. The van der Waals surface area contributed by atoms with Crippen molar-refractivity contribution in [3.8, 4) is 0 Å². The largest absolute Gasteiger partial charge is 0.418 e. The van der Waals surface area contributed by atoms with Gasteiger partial charge in [0.25, 0.3) is 0 Å². The summed E-state index contributed by atoms with van der Waals surface area (Å²) in [6, 6.07) is 4.04. The molecule has 1 aromatic carbocycles. The molecule has 0 saturated heterocycles. The molecule has 0 heterocycles. The van der Waals surface area contributed by atoms with Crippen LogP contribution in [0.4, 0.5) is 24.5 Å². The molecule has 0 amide bonds. The lowest BCUT2D eigenvalue weighted by Gasteiger charge is -2.29. The fraction of sp³-hybridized carbons (Fsp3) is 0.571. The molecule has 2 nitrogen and oxygen atoms in total. The fourth-order valence-electron chi connectivity index (χ4n) is 2.59. The van der Waals surface area contributed by atoms with Crippen LogP contribution >= 0.6 is 11.8 Å². The highest BCUT2D eigenvalue weighted by atomic mass is 32.2. The third kappa shape index (κ3) is 3.75. The second-order valence-electron chi connectivity index (χ2n) is 5.16. The van der Waals surface area contributed by atoms with Gasteiger partial charge in [-0.2, -0.15) is 24.9 Å². The number of nitrogen functional groups attached to an aromatic ring is 1. The first-order valence-electron chi connectivity index (χ1n) is 6.66. The molecule has 1 aliphatic rings. The van der Waals surface area contributed by atoms with Crippen molar-refractivity contribution in [2.75, 3.05) is 17.3 Å². The number of nitrogens with one attached hydrogen (secondary N) is 1. The van der Waals surface area contributed by atoms with E-state index in [1.54, 1.807) is 0 Å². The standard InChI is InChI=1S/C14H19F3N2S/c1-20-11-5-3-10(4-6-11)19-13-7-2-9(18)8-12(13)14(15,16)17/h2,7-8,10-11,19H,3-6,18H2,1H3. The summed E-state index contributed by atoms with van der Waals surface area (Å²) < 4.78 is 39.0. The second-order valence-corrected chi connectivity index (χ2v) is 6.29. The van der Waals surface area contributed by atoms with Crippen LogP contribution in [0.5, 0.6) is 0 Å². The van der Waals surface area contributed by atoms with Gasteiger partial charge >= 0.3 is 6.18 Å². The van der Waals surface area contributed by atoms with Gasteiger partial charge in [0, 0.05) is 22.7 Å². The first-order chi connectivity index (χ1) is 9.40. The first kappa shape index (κ1) is 15.4. The van der Waals surface area contributed by atoms with E-state index in [0.29, 0.717) is 5.25 Å². The van der Waals surface area contributed by atoms with E-state index in [1.807, 2.05) is 11.8 Å². The molecule has 6 heteroatoms. The van der Waals surface area contributed by atoms with Crippen LogP contribution in [0.1, 0.15) is 31.2 Å². The molecular formula is C14H19F3N2S. The number of hydrogen-bond acceptors (Lipinski definition) is 3. The Morgan fingerprint density at radius 2 is 1.85 bits per heavy atom. The molecular weight excluding hydrogens is 285 g/mol. The maximum Gasteiger partial charge on any atom is 0.418 e. The van der Waals surface area contributed by atoms with Gasteiger partial charge in [-0.25, -0.2) is 0 Å². The normalized spacial score (nSPS) is 23.6. The Bertz CT molecular complexity index is 454. The highest BCUT2D eigenvalue weighted by molar-refractivity contribution is 7.99. The summed E-state index contributed by atoms with van der Waals surface area (Å²) in [6.07, 6.45) is 1.62. The molecule has 112 valence electrons. The van der Waals surface area contributed by atoms with Crippen LogP contribution in [0.25, 0.3) is 0 Å². The van der Waals surface area contributed by atoms with Crippen LogP contribution in [0.2, 0.25) is 0 Å². The summed E-state index contributed by atoms with van der Waals surface area (Å²) in [5.74, 6) is 0. The minimum Gasteiger partial charge on any atom is -0.399 e. The molecule has 1 fully saturated rings. The quantitative estimate of drug-likeness (QED) is 0.814. The molecule has 1 saturated carbocycles. The molecule has 20 heavy (non-hydrogen) atoms. The molecule has 0 unspecified atom stereocenters. The van der Waals surface area contributed by atoms with Crippen LogP contribution in [0, 0.1) is 0 Å². The lowest BCUT2D eigenvalue weighted by molar-refractivity contribution is -0.136. The van der Waals surface area contributed by atoms with Crippen LogP contribution in [0.3, 0.4) is 0 Å². The maximum absolute atomic E-state index is 13.0. The number of anilines is 2. The molecule has 0 spiro atoms. The van der Waals surface area contributed by atoms with E-state index >= 15 is 0 Å². The highest BCUT2D eigenvalue weighted by Crippen LogP contribution is 2.37. The van der Waals surface area contributed by atoms with Crippen LogP contribution in [-0.2, 0) is 6.18 Å². The minimum atomic E-state index is -4.38. The zero-order valence-electron chi connectivity index (χ0n) is 11.3. The molecule has 0 aliphatic heterocycles. The Hall–Kier alpha value is -1.04. The Morgan fingerprint density at radius 3 is 2.40 bits per heavy atom. The molecule has 3 N–H and O–H groups in total. The van der Waals surface area contributed by atoms with Crippen molar-refractivity contribution >= 4 is 23.1 Å². The van der Waals surface area contributed by atoms with Crippen molar-refractivity contribution in [1.29, 1.82) is 0 Å². The number of rotatable bonds is 3. The molecule has 2 rings (SSSR count). The van der Waals surface area contributed by atoms with Gasteiger partial charge in [0.05, 0.1) is 5.56 Å². The van der Waals surface area contributed by atoms with Crippen LogP contribution in [0.15, 0.2) is 18.2 Å². The van der Waals surface area contributed by atoms with Gasteiger partial charge in [0.2, 0.25) is 0 Å². The first-order valence-corrected chi connectivity index (χ1v) is 7.95. The molecule has 0 atom stereocenters. The lowest BCUT2D eigenvalue weighted by atomic mass is 9.94. The minimum absolute atomic E-state index is 0.114. The number of halogens is 3. The van der Waals surface area contributed by atoms with E-state index in [0.717, 1.165) is 31.7 Å². The summed E-state index contributed by atoms with van der Waals surface area (Å²) in [6.45, 7) is 0. The fourth-order valence-corrected chi connectivity index (χ4v) is 3.33. The molecule has 0 aromatic heterocycles.